The summed E-state index contributed by atoms with van der Waals surface area (Å²) >= 11 is 0. The summed E-state index contributed by atoms with van der Waals surface area (Å²) in [6.45, 7) is 0.506. The highest BCUT2D eigenvalue weighted by Crippen LogP contribution is 2.31. The first-order chi connectivity index (χ1) is 7.48. The molecule has 0 aromatic heterocycles. The molecular formula is C10H12N2O3S. The Kier molecular flexibility index (Phi) is 2.59. The molecule has 0 fully saturated rings. The van der Waals surface area contributed by atoms with Gasteiger partial charge in [0.2, 0.25) is 5.91 Å². The smallest absolute Gasteiger partial charge is 0.226 e. The van der Waals surface area contributed by atoms with Crippen LogP contribution in [0.3, 0.4) is 0 Å². The third kappa shape index (κ3) is 2.01. The molecular weight excluding hydrogens is 228 g/mol. The summed E-state index contributed by atoms with van der Waals surface area (Å²) in [7, 11) is -3.34. The van der Waals surface area contributed by atoms with Crippen LogP contribution < -0.4 is 10.6 Å². The highest BCUT2D eigenvalue weighted by molar-refractivity contribution is 7.90. The average molecular weight is 240 g/mol. The number of carbonyl (C=O) groups excluding carboxylic acids is 1. The number of sulfone groups is 1. The molecule has 2 rings (SSSR count). The van der Waals surface area contributed by atoms with Gasteiger partial charge in [0.1, 0.15) is 0 Å². The number of amides is 1. The van der Waals surface area contributed by atoms with Gasteiger partial charge in [-0.05, 0) is 12.1 Å². The van der Waals surface area contributed by atoms with E-state index in [9.17, 15) is 13.2 Å². The molecule has 0 bridgehead atoms. The largest absolute Gasteiger partial charge is 0.383 e. The van der Waals surface area contributed by atoms with Gasteiger partial charge in [-0.15, -0.1) is 0 Å². The summed E-state index contributed by atoms with van der Waals surface area (Å²) < 4.78 is 23.1. The third-order valence-electron chi connectivity index (χ3n) is 2.36. The lowest BCUT2D eigenvalue weighted by Crippen LogP contribution is -2.13. The van der Waals surface area contributed by atoms with E-state index in [1.54, 1.807) is 12.1 Å². The Labute approximate surface area is 93.8 Å². The van der Waals surface area contributed by atoms with Crippen LogP contribution in [0.5, 0.6) is 0 Å². The van der Waals surface area contributed by atoms with E-state index in [1.165, 1.54) is 6.07 Å². The zero-order valence-corrected chi connectivity index (χ0v) is 9.60. The molecule has 86 valence electrons. The second kappa shape index (κ2) is 3.79. The van der Waals surface area contributed by atoms with Crippen molar-refractivity contribution in [2.75, 3.05) is 23.4 Å². The van der Waals surface area contributed by atoms with E-state index in [0.717, 1.165) is 6.26 Å². The number of hydrogen-bond donors (Lipinski definition) is 2. The Morgan fingerprint density at radius 1 is 1.31 bits per heavy atom. The van der Waals surface area contributed by atoms with Crippen molar-refractivity contribution < 1.29 is 13.2 Å². The first kappa shape index (κ1) is 10.9. The molecule has 16 heavy (non-hydrogen) atoms. The van der Waals surface area contributed by atoms with Gasteiger partial charge in [0.05, 0.1) is 16.3 Å². The molecule has 1 aliphatic rings. The zero-order chi connectivity index (χ0) is 11.8. The van der Waals surface area contributed by atoms with Gasteiger partial charge in [-0.25, -0.2) is 8.42 Å². The van der Waals surface area contributed by atoms with Gasteiger partial charge in [-0.3, -0.25) is 4.79 Å². The summed E-state index contributed by atoms with van der Waals surface area (Å²) in [5.74, 6) is -0.178. The van der Waals surface area contributed by atoms with Crippen molar-refractivity contribution in [3.05, 3.63) is 18.2 Å². The van der Waals surface area contributed by atoms with Gasteiger partial charge in [0.25, 0.3) is 0 Å². The monoisotopic (exact) mass is 240 g/mol. The second-order valence-electron chi connectivity index (χ2n) is 3.68. The van der Waals surface area contributed by atoms with Crippen molar-refractivity contribution >= 4 is 27.1 Å². The maximum atomic E-state index is 11.5. The van der Waals surface area contributed by atoms with Crippen LogP contribution >= 0.6 is 0 Å². The van der Waals surface area contributed by atoms with Gasteiger partial charge in [-0.1, -0.05) is 6.07 Å². The van der Waals surface area contributed by atoms with Gasteiger partial charge in [-0.2, -0.15) is 0 Å². The van der Waals surface area contributed by atoms with Gasteiger partial charge < -0.3 is 10.6 Å². The van der Waals surface area contributed by atoms with Crippen molar-refractivity contribution in [1.82, 2.24) is 0 Å². The topological polar surface area (TPSA) is 75.3 Å². The Morgan fingerprint density at radius 2 is 2.06 bits per heavy atom. The molecule has 0 radical (unpaired) electrons. The van der Waals surface area contributed by atoms with Crippen LogP contribution in [0, 0.1) is 0 Å². The van der Waals surface area contributed by atoms with Gasteiger partial charge in [0.15, 0.2) is 9.84 Å². The molecule has 2 N–H and O–H groups in total. The van der Waals surface area contributed by atoms with Gasteiger partial charge in [0, 0.05) is 19.2 Å². The predicted octanol–water partition coefficient (Wildman–Crippen LogP) is 0.844. The van der Waals surface area contributed by atoms with E-state index in [2.05, 4.69) is 10.6 Å². The van der Waals surface area contributed by atoms with E-state index in [1.807, 2.05) is 0 Å². The highest BCUT2D eigenvalue weighted by atomic mass is 32.2. The van der Waals surface area contributed by atoms with Crippen LogP contribution in [-0.4, -0.2) is 27.1 Å². The van der Waals surface area contributed by atoms with E-state index in [4.69, 9.17) is 0 Å². The van der Waals surface area contributed by atoms with Crippen LogP contribution in [0.4, 0.5) is 11.4 Å². The Hall–Kier alpha value is -1.56. The number of fused-ring (bicyclic) bond motifs is 1. The third-order valence-corrected chi connectivity index (χ3v) is 3.50. The van der Waals surface area contributed by atoms with Crippen LogP contribution in [0.15, 0.2) is 23.1 Å². The minimum absolute atomic E-state index is 0.146. The molecule has 6 heteroatoms. The van der Waals surface area contributed by atoms with Crippen molar-refractivity contribution in [3.8, 4) is 0 Å². The molecule has 1 heterocycles. The first-order valence-corrected chi connectivity index (χ1v) is 6.74. The lowest BCUT2D eigenvalue weighted by molar-refractivity contribution is -0.115. The first-order valence-electron chi connectivity index (χ1n) is 4.85. The molecule has 0 unspecified atom stereocenters. The fourth-order valence-electron chi connectivity index (χ4n) is 1.63. The van der Waals surface area contributed by atoms with E-state index in [-0.39, 0.29) is 10.8 Å². The Bertz CT molecular complexity index is 537. The number of carbonyl (C=O) groups is 1. The quantitative estimate of drug-likeness (QED) is 0.763. The second-order valence-corrected chi connectivity index (χ2v) is 5.66. The maximum Gasteiger partial charge on any atom is 0.226 e. The molecule has 0 saturated heterocycles. The minimum Gasteiger partial charge on any atom is -0.383 e. The number of nitrogens with one attached hydrogen (secondary N) is 2. The van der Waals surface area contributed by atoms with Crippen LogP contribution in [0.25, 0.3) is 0 Å². The number of benzene rings is 1. The number of rotatable bonds is 1. The van der Waals surface area contributed by atoms with E-state index >= 15 is 0 Å². The normalized spacial score (nSPS) is 15.7. The fraction of sp³-hybridized carbons (Fsp3) is 0.300. The zero-order valence-electron chi connectivity index (χ0n) is 8.78. The van der Waals surface area contributed by atoms with E-state index in [0.29, 0.717) is 24.3 Å². The molecule has 1 aliphatic heterocycles. The van der Waals surface area contributed by atoms with Crippen molar-refractivity contribution in [3.63, 3.8) is 0 Å². The van der Waals surface area contributed by atoms with Crippen LogP contribution in [-0.2, 0) is 14.6 Å². The standard InChI is InChI=1S/C10H12N2O3S/c1-16(14,15)8-4-2-3-7-10(8)12-9(13)5-6-11-7/h2-4,11H,5-6H2,1H3,(H,12,13). The molecule has 0 spiro atoms. The lowest BCUT2D eigenvalue weighted by atomic mass is 10.2. The molecule has 1 aromatic carbocycles. The van der Waals surface area contributed by atoms with Crippen molar-refractivity contribution in [2.45, 2.75) is 11.3 Å². The van der Waals surface area contributed by atoms with E-state index < -0.39 is 9.84 Å². The summed E-state index contributed by atoms with van der Waals surface area (Å²) in [4.78, 5) is 11.5. The van der Waals surface area contributed by atoms with Crippen LogP contribution in [0.1, 0.15) is 6.42 Å². The Morgan fingerprint density at radius 3 is 2.75 bits per heavy atom. The molecule has 0 atom stereocenters. The lowest BCUT2D eigenvalue weighted by Gasteiger charge is -2.11. The molecule has 0 aliphatic carbocycles. The predicted molar refractivity (Wildman–Crippen MR) is 61.3 cm³/mol. The summed E-state index contributed by atoms with van der Waals surface area (Å²) in [6, 6.07) is 4.89. The summed E-state index contributed by atoms with van der Waals surface area (Å²) in [6.07, 6.45) is 1.46. The number of anilines is 2. The van der Waals surface area contributed by atoms with Crippen molar-refractivity contribution in [1.29, 1.82) is 0 Å². The van der Waals surface area contributed by atoms with Crippen molar-refractivity contribution in [2.24, 2.45) is 0 Å². The highest BCUT2D eigenvalue weighted by Gasteiger charge is 2.20. The average Bonchev–Trinajstić information content (AvgIpc) is 2.36. The fourth-order valence-corrected chi connectivity index (χ4v) is 2.49. The number of hydrogen-bond acceptors (Lipinski definition) is 4. The molecule has 1 amide bonds. The summed E-state index contributed by atoms with van der Waals surface area (Å²) in [5, 5.41) is 5.64. The van der Waals surface area contributed by atoms with Crippen LogP contribution in [0.2, 0.25) is 0 Å². The SMILES string of the molecule is CS(=O)(=O)c1cccc2c1NC(=O)CCN2. The maximum absolute atomic E-state index is 11.5. The molecule has 0 saturated carbocycles. The molecule has 5 nitrogen and oxygen atoms in total. The minimum atomic E-state index is -3.34. The number of para-hydroxylation sites is 1. The Balaban J connectivity index is 2.62. The molecule has 1 aromatic rings. The summed E-state index contributed by atoms with van der Waals surface area (Å²) in [5.41, 5.74) is 1.00. The van der Waals surface area contributed by atoms with Gasteiger partial charge >= 0.3 is 0 Å².